The van der Waals surface area contributed by atoms with Crippen LogP contribution in [0.25, 0.3) is 0 Å². The molecule has 1 aromatic rings. The Labute approximate surface area is 148 Å². The number of H-pyrrole nitrogens is 1. The lowest BCUT2D eigenvalue weighted by Gasteiger charge is -2.49. The lowest BCUT2D eigenvalue weighted by atomic mass is 9.79. The van der Waals surface area contributed by atoms with E-state index < -0.39 is 6.10 Å². The molecule has 3 aliphatic heterocycles. The molecular formula is C18H27N5O2. The number of aromatic amines is 1. The van der Waals surface area contributed by atoms with Crippen LogP contribution in [-0.4, -0.2) is 64.2 Å². The van der Waals surface area contributed by atoms with E-state index in [0.717, 1.165) is 44.6 Å². The molecule has 0 aliphatic carbocycles. The number of carbonyl (C=O) groups excluding carboxylic acids is 1. The second-order valence-corrected chi connectivity index (χ2v) is 7.79. The minimum atomic E-state index is -0.434. The summed E-state index contributed by atoms with van der Waals surface area (Å²) in [4.78, 5) is 30.5. The Morgan fingerprint density at radius 3 is 2.80 bits per heavy atom. The van der Waals surface area contributed by atoms with Gasteiger partial charge in [-0.3, -0.25) is 9.69 Å². The Morgan fingerprint density at radius 2 is 2.12 bits per heavy atom. The van der Waals surface area contributed by atoms with E-state index in [9.17, 15) is 4.79 Å². The van der Waals surface area contributed by atoms with Crippen LogP contribution in [-0.2, 0) is 21.6 Å². The molecule has 136 valence electrons. The fourth-order valence-electron chi connectivity index (χ4n) is 4.38. The highest BCUT2D eigenvalue weighted by Gasteiger charge is 2.46. The van der Waals surface area contributed by atoms with E-state index in [1.54, 1.807) is 6.33 Å². The zero-order valence-electron chi connectivity index (χ0n) is 15.3. The first-order valence-corrected chi connectivity index (χ1v) is 9.26. The van der Waals surface area contributed by atoms with Crippen LogP contribution >= 0.6 is 0 Å². The third-order valence-electron chi connectivity index (χ3n) is 6.12. The van der Waals surface area contributed by atoms with Crippen molar-refractivity contribution < 1.29 is 9.63 Å². The summed E-state index contributed by atoms with van der Waals surface area (Å²) in [6.07, 6.45) is 4.84. The maximum absolute atomic E-state index is 12.8. The molecular weight excluding hydrogens is 318 g/mol. The molecule has 1 aromatic heterocycles. The van der Waals surface area contributed by atoms with Crippen molar-refractivity contribution in [2.75, 3.05) is 26.7 Å². The second kappa shape index (κ2) is 6.12. The molecule has 7 nitrogen and oxygen atoms in total. The number of imidazole rings is 1. The maximum atomic E-state index is 12.8. The van der Waals surface area contributed by atoms with Gasteiger partial charge in [0.1, 0.15) is 0 Å². The molecule has 0 saturated carbocycles. The van der Waals surface area contributed by atoms with Crippen molar-refractivity contribution in [3.05, 3.63) is 17.7 Å². The fraction of sp³-hybridized carbons (Fsp3) is 0.722. The molecule has 3 aliphatic rings. The number of aromatic nitrogens is 2. The van der Waals surface area contributed by atoms with Gasteiger partial charge in [0.25, 0.3) is 5.91 Å². The number of carbonyl (C=O) groups is 1. The monoisotopic (exact) mass is 345 g/mol. The van der Waals surface area contributed by atoms with Crippen LogP contribution in [0.5, 0.6) is 0 Å². The Balaban J connectivity index is 1.43. The van der Waals surface area contributed by atoms with Crippen LogP contribution in [0.1, 0.15) is 44.5 Å². The van der Waals surface area contributed by atoms with Crippen LogP contribution in [0, 0.1) is 5.92 Å². The SMILES string of the molecule is CC(C)C1=NO[C@H](C(=O)N2CCC3(CC2)c2nc[nH]c2CCN3C)C1. The zero-order chi connectivity index (χ0) is 17.6. The highest BCUT2D eigenvalue weighted by Crippen LogP contribution is 2.41. The summed E-state index contributed by atoms with van der Waals surface area (Å²) < 4.78 is 0. The number of nitrogens with zero attached hydrogens (tertiary/aromatic N) is 4. The van der Waals surface area contributed by atoms with Crippen LogP contribution in [0.3, 0.4) is 0 Å². The minimum Gasteiger partial charge on any atom is -0.382 e. The fourth-order valence-corrected chi connectivity index (χ4v) is 4.38. The van der Waals surface area contributed by atoms with Gasteiger partial charge in [0.15, 0.2) is 0 Å². The first-order chi connectivity index (χ1) is 12.0. The summed E-state index contributed by atoms with van der Waals surface area (Å²) in [5.74, 6) is 0.409. The third-order valence-corrected chi connectivity index (χ3v) is 6.12. The highest BCUT2D eigenvalue weighted by atomic mass is 16.6. The normalized spacial score (nSPS) is 25.8. The van der Waals surface area contributed by atoms with Gasteiger partial charge >= 0.3 is 0 Å². The summed E-state index contributed by atoms with van der Waals surface area (Å²) >= 11 is 0. The largest absolute Gasteiger partial charge is 0.382 e. The summed E-state index contributed by atoms with van der Waals surface area (Å²) in [6.45, 7) is 6.68. The number of likely N-dealkylation sites (N-methyl/N-ethyl adjacent to an activating group) is 1. The van der Waals surface area contributed by atoms with Crippen molar-refractivity contribution in [1.29, 1.82) is 0 Å². The Morgan fingerprint density at radius 1 is 1.36 bits per heavy atom. The molecule has 4 rings (SSSR count). The molecule has 0 radical (unpaired) electrons. The molecule has 1 amide bonds. The molecule has 7 heteroatoms. The predicted molar refractivity (Wildman–Crippen MR) is 94.2 cm³/mol. The highest BCUT2D eigenvalue weighted by molar-refractivity contribution is 5.93. The van der Waals surface area contributed by atoms with Crippen molar-refractivity contribution in [3.8, 4) is 0 Å². The van der Waals surface area contributed by atoms with Crippen LogP contribution in [0.4, 0.5) is 0 Å². The minimum absolute atomic E-state index is 0.0412. The first kappa shape index (κ1) is 16.6. The van der Waals surface area contributed by atoms with Gasteiger partial charge in [-0.05, 0) is 25.8 Å². The van der Waals surface area contributed by atoms with Crippen molar-refractivity contribution in [3.63, 3.8) is 0 Å². The molecule has 0 unspecified atom stereocenters. The van der Waals surface area contributed by atoms with Crippen LogP contribution in [0.15, 0.2) is 11.5 Å². The van der Waals surface area contributed by atoms with Gasteiger partial charge in [-0.2, -0.15) is 0 Å². The number of amides is 1. The number of fused-ring (bicyclic) bond motifs is 2. The third kappa shape index (κ3) is 2.65. The van der Waals surface area contributed by atoms with Gasteiger partial charge in [-0.1, -0.05) is 19.0 Å². The average molecular weight is 345 g/mol. The lowest BCUT2D eigenvalue weighted by Crippen LogP contribution is -2.56. The molecule has 1 fully saturated rings. The Bertz CT molecular complexity index is 687. The summed E-state index contributed by atoms with van der Waals surface area (Å²) in [5, 5.41) is 4.10. The smallest absolute Gasteiger partial charge is 0.266 e. The second-order valence-electron chi connectivity index (χ2n) is 7.79. The van der Waals surface area contributed by atoms with Crippen LogP contribution < -0.4 is 0 Å². The first-order valence-electron chi connectivity index (χ1n) is 9.26. The summed E-state index contributed by atoms with van der Waals surface area (Å²) in [7, 11) is 2.18. The summed E-state index contributed by atoms with van der Waals surface area (Å²) in [6, 6.07) is 0. The quantitative estimate of drug-likeness (QED) is 0.882. The van der Waals surface area contributed by atoms with Gasteiger partial charge in [0, 0.05) is 38.2 Å². The molecule has 4 heterocycles. The molecule has 1 atom stereocenters. The van der Waals surface area contributed by atoms with Gasteiger partial charge in [0.2, 0.25) is 6.10 Å². The van der Waals surface area contributed by atoms with E-state index in [1.165, 1.54) is 11.4 Å². The average Bonchev–Trinajstić information content (AvgIpc) is 3.28. The number of likely N-dealkylation sites (tertiary alicyclic amines) is 1. The van der Waals surface area contributed by atoms with Crippen molar-refractivity contribution >= 4 is 11.6 Å². The lowest BCUT2D eigenvalue weighted by molar-refractivity contribution is -0.145. The summed E-state index contributed by atoms with van der Waals surface area (Å²) in [5.41, 5.74) is 3.38. The van der Waals surface area contributed by atoms with Gasteiger partial charge in [0.05, 0.1) is 23.3 Å². The molecule has 0 aromatic carbocycles. The zero-order valence-corrected chi connectivity index (χ0v) is 15.3. The van der Waals surface area contributed by atoms with E-state index in [2.05, 4.69) is 40.9 Å². The molecule has 1 spiro atoms. The standard InChI is InChI=1S/C18H27N5O2/c1-12(2)14-10-15(25-21-14)17(24)23-8-5-18(6-9-23)16-13(19-11-20-16)4-7-22(18)3/h11-12,15H,4-10H2,1-3H3,(H,19,20)/t15-/m0/s1. The van der Waals surface area contributed by atoms with E-state index in [0.29, 0.717) is 12.3 Å². The number of hydrogen-bond acceptors (Lipinski definition) is 5. The molecule has 1 saturated heterocycles. The van der Waals surface area contributed by atoms with E-state index >= 15 is 0 Å². The van der Waals surface area contributed by atoms with Gasteiger partial charge in [-0.25, -0.2) is 4.98 Å². The van der Waals surface area contributed by atoms with Crippen molar-refractivity contribution in [2.24, 2.45) is 11.1 Å². The molecule has 0 bridgehead atoms. The van der Waals surface area contributed by atoms with Crippen molar-refractivity contribution in [1.82, 2.24) is 19.8 Å². The van der Waals surface area contributed by atoms with Crippen LogP contribution in [0.2, 0.25) is 0 Å². The number of rotatable bonds is 2. The maximum Gasteiger partial charge on any atom is 0.266 e. The number of oxime groups is 1. The van der Waals surface area contributed by atoms with Crippen molar-refractivity contribution in [2.45, 2.75) is 51.2 Å². The van der Waals surface area contributed by atoms with E-state index in [-0.39, 0.29) is 11.4 Å². The number of nitrogens with one attached hydrogen (secondary N) is 1. The topological polar surface area (TPSA) is 73.8 Å². The Kier molecular flexibility index (Phi) is 4.06. The molecule has 1 N–H and O–H groups in total. The number of hydrogen-bond donors (Lipinski definition) is 1. The Hall–Kier alpha value is -1.89. The molecule has 25 heavy (non-hydrogen) atoms. The van der Waals surface area contributed by atoms with E-state index in [4.69, 9.17) is 4.84 Å². The predicted octanol–water partition coefficient (Wildman–Crippen LogP) is 1.52. The van der Waals surface area contributed by atoms with Gasteiger partial charge < -0.3 is 14.7 Å². The van der Waals surface area contributed by atoms with E-state index in [1.807, 2.05) is 4.90 Å². The van der Waals surface area contributed by atoms with Gasteiger partial charge in [-0.15, -0.1) is 0 Å². The number of piperidine rings is 1.